The third-order valence-corrected chi connectivity index (χ3v) is 2.92. The molecule has 92 valence electrons. The summed E-state index contributed by atoms with van der Waals surface area (Å²) in [7, 11) is 0. The molecule has 0 aliphatic rings. The molecule has 1 aromatic rings. The average Bonchev–Trinajstić information content (AvgIpc) is 2.20. The Labute approximate surface area is 113 Å². The molecule has 0 fully saturated rings. The lowest BCUT2D eigenvalue weighted by Gasteiger charge is -2.13. The van der Waals surface area contributed by atoms with Crippen molar-refractivity contribution in [2.24, 2.45) is 5.73 Å². The summed E-state index contributed by atoms with van der Waals surface area (Å²) in [5, 5.41) is 2.69. The van der Waals surface area contributed by atoms with Crippen molar-refractivity contribution < 1.29 is 9.18 Å². The van der Waals surface area contributed by atoms with Crippen molar-refractivity contribution in [1.82, 2.24) is 5.32 Å². The van der Waals surface area contributed by atoms with Gasteiger partial charge in [-0.1, -0.05) is 12.2 Å². The van der Waals surface area contributed by atoms with Gasteiger partial charge in [0.15, 0.2) is 0 Å². The summed E-state index contributed by atoms with van der Waals surface area (Å²) in [5.41, 5.74) is 5.62. The van der Waals surface area contributed by atoms with Crippen LogP contribution in [0.3, 0.4) is 0 Å². The number of halogens is 2. The molecule has 0 aromatic heterocycles. The molecule has 0 saturated carbocycles. The van der Waals surface area contributed by atoms with E-state index in [4.69, 9.17) is 18.0 Å². The molecule has 6 heteroatoms. The van der Waals surface area contributed by atoms with Crippen molar-refractivity contribution in [1.29, 1.82) is 0 Å². The average molecular weight is 319 g/mol. The topological polar surface area (TPSA) is 55.1 Å². The highest BCUT2D eigenvalue weighted by molar-refractivity contribution is 9.10. The minimum absolute atomic E-state index is 0.185. The minimum Gasteiger partial charge on any atom is -0.393 e. The van der Waals surface area contributed by atoms with Crippen LogP contribution >= 0.6 is 28.1 Å². The van der Waals surface area contributed by atoms with Crippen LogP contribution in [-0.2, 0) is 0 Å². The number of thiocarbonyl (C=S) groups is 1. The van der Waals surface area contributed by atoms with E-state index in [0.29, 0.717) is 15.9 Å². The Bertz CT molecular complexity index is 453. The zero-order valence-corrected chi connectivity index (χ0v) is 11.6. The Kier molecular flexibility index (Phi) is 5.02. The number of hydrogen-bond donors (Lipinski definition) is 2. The van der Waals surface area contributed by atoms with E-state index in [9.17, 15) is 9.18 Å². The molecule has 1 aromatic carbocycles. The number of benzene rings is 1. The zero-order valence-electron chi connectivity index (χ0n) is 9.17. The summed E-state index contributed by atoms with van der Waals surface area (Å²) in [4.78, 5) is 12.1. The Morgan fingerprint density at radius 1 is 1.65 bits per heavy atom. The third-order valence-electron chi connectivity index (χ3n) is 2.06. The van der Waals surface area contributed by atoms with Crippen LogP contribution in [0.4, 0.5) is 4.39 Å². The van der Waals surface area contributed by atoms with Crippen molar-refractivity contribution in [2.75, 3.05) is 0 Å². The third kappa shape index (κ3) is 4.40. The van der Waals surface area contributed by atoms with E-state index >= 15 is 0 Å². The molecule has 0 saturated heterocycles. The van der Waals surface area contributed by atoms with Crippen molar-refractivity contribution in [2.45, 2.75) is 19.4 Å². The summed E-state index contributed by atoms with van der Waals surface area (Å²) in [5.74, 6) is -0.819. The maximum atomic E-state index is 13.0. The lowest BCUT2D eigenvalue weighted by molar-refractivity contribution is 0.0940. The molecular formula is C11H12BrFN2OS. The van der Waals surface area contributed by atoms with Gasteiger partial charge in [-0.05, 0) is 41.1 Å². The summed E-state index contributed by atoms with van der Waals surface area (Å²) < 4.78 is 13.6. The molecule has 1 atom stereocenters. The SMILES string of the molecule is CC(CC(N)=S)NC(=O)c1cc(F)ccc1Br. The number of rotatable bonds is 4. The van der Waals surface area contributed by atoms with Crippen LogP contribution in [0.25, 0.3) is 0 Å². The van der Waals surface area contributed by atoms with Gasteiger partial charge in [-0.2, -0.15) is 0 Å². The number of carbonyl (C=O) groups excluding carboxylic acids is 1. The molecule has 0 aliphatic carbocycles. The van der Waals surface area contributed by atoms with Gasteiger partial charge in [0.25, 0.3) is 5.91 Å². The molecule has 1 rings (SSSR count). The fourth-order valence-electron chi connectivity index (χ4n) is 1.33. The van der Waals surface area contributed by atoms with Crippen LogP contribution < -0.4 is 11.1 Å². The second-order valence-corrected chi connectivity index (χ2v) is 5.05. The first-order valence-corrected chi connectivity index (χ1v) is 6.14. The van der Waals surface area contributed by atoms with E-state index < -0.39 is 5.82 Å². The highest BCUT2D eigenvalue weighted by atomic mass is 79.9. The van der Waals surface area contributed by atoms with Gasteiger partial charge < -0.3 is 11.1 Å². The van der Waals surface area contributed by atoms with Crippen LogP contribution in [0.1, 0.15) is 23.7 Å². The van der Waals surface area contributed by atoms with Gasteiger partial charge in [-0.15, -0.1) is 0 Å². The molecule has 0 bridgehead atoms. The Morgan fingerprint density at radius 3 is 2.88 bits per heavy atom. The van der Waals surface area contributed by atoms with Crippen molar-refractivity contribution in [3.05, 3.63) is 34.1 Å². The highest BCUT2D eigenvalue weighted by Crippen LogP contribution is 2.17. The molecule has 3 nitrogen and oxygen atoms in total. The molecule has 1 amide bonds. The van der Waals surface area contributed by atoms with Crippen molar-refractivity contribution in [3.8, 4) is 0 Å². The maximum Gasteiger partial charge on any atom is 0.252 e. The molecule has 17 heavy (non-hydrogen) atoms. The first-order chi connectivity index (χ1) is 7.90. The number of hydrogen-bond acceptors (Lipinski definition) is 2. The van der Waals surface area contributed by atoms with Crippen molar-refractivity contribution >= 4 is 39.0 Å². The second-order valence-electron chi connectivity index (χ2n) is 3.67. The maximum absolute atomic E-state index is 13.0. The number of carbonyl (C=O) groups is 1. The molecule has 1 unspecified atom stereocenters. The normalized spacial score (nSPS) is 11.9. The van der Waals surface area contributed by atoms with Crippen LogP contribution in [0.5, 0.6) is 0 Å². The van der Waals surface area contributed by atoms with Gasteiger partial charge in [0.05, 0.1) is 10.6 Å². The summed E-state index contributed by atoms with van der Waals surface area (Å²) in [6.07, 6.45) is 0.411. The van der Waals surface area contributed by atoms with E-state index in [-0.39, 0.29) is 17.5 Å². The standard InChI is InChI=1S/C11H12BrFN2OS/c1-6(4-10(14)17)15-11(16)8-5-7(13)2-3-9(8)12/h2-3,5-6H,4H2,1H3,(H2,14,17)(H,15,16). The molecular weight excluding hydrogens is 307 g/mol. The van der Waals surface area contributed by atoms with E-state index in [1.165, 1.54) is 18.2 Å². The number of nitrogens with two attached hydrogens (primary N) is 1. The van der Waals surface area contributed by atoms with E-state index in [2.05, 4.69) is 21.2 Å². The fourth-order valence-corrected chi connectivity index (χ4v) is 2.00. The van der Waals surface area contributed by atoms with Crippen LogP contribution in [-0.4, -0.2) is 16.9 Å². The van der Waals surface area contributed by atoms with E-state index in [1.54, 1.807) is 6.92 Å². The Hall–Kier alpha value is -1.01. The van der Waals surface area contributed by atoms with E-state index in [1.807, 2.05) is 0 Å². The monoisotopic (exact) mass is 318 g/mol. The molecule has 0 heterocycles. The van der Waals surface area contributed by atoms with Gasteiger partial charge in [0, 0.05) is 16.9 Å². The van der Waals surface area contributed by atoms with Crippen LogP contribution in [0.2, 0.25) is 0 Å². The van der Waals surface area contributed by atoms with Gasteiger partial charge >= 0.3 is 0 Å². The van der Waals surface area contributed by atoms with E-state index in [0.717, 1.165) is 0 Å². The molecule has 3 N–H and O–H groups in total. The number of nitrogens with one attached hydrogen (secondary N) is 1. The predicted octanol–water partition coefficient (Wildman–Crippen LogP) is 2.38. The largest absolute Gasteiger partial charge is 0.393 e. The second kappa shape index (κ2) is 6.07. The van der Waals surface area contributed by atoms with Crippen LogP contribution in [0, 0.1) is 5.82 Å². The lowest BCUT2D eigenvalue weighted by Crippen LogP contribution is -2.35. The fraction of sp³-hybridized carbons (Fsp3) is 0.273. The molecule has 0 spiro atoms. The summed E-state index contributed by atoms with van der Waals surface area (Å²) in [6.45, 7) is 1.78. The number of amides is 1. The Balaban J connectivity index is 2.76. The lowest BCUT2D eigenvalue weighted by atomic mass is 10.1. The van der Waals surface area contributed by atoms with Gasteiger partial charge in [-0.3, -0.25) is 4.79 Å². The van der Waals surface area contributed by atoms with Crippen LogP contribution in [0.15, 0.2) is 22.7 Å². The first-order valence-electron chi connectivity index (χ1n) is 4.94. The van der Waals surface area contributed by atoms with Crippen molar-refractivity contribution in [3.63, 3.8) is 0 Å². The van der Waals surface area contributed by atoms with Gasteiger partial charge in [0.2, 0.25) is 0 Å². The molecule has 0 aliphatic heterocycles. The summed E-state index contributed by atoms with van der Waals surface area (Å²) >= 11 is 7.94. The Morgan fingerprint density at radius 2 is 2.29 bits per heavy atom. The van der Waals surface area contributed by atoms with Gasteiger partial charge in [-0.25, -0.2) is 4.39 Å². The highest BCUT2D eigenvalue weighted by Gasteiger charge is 2.14. The molecule has 0 radical (unpaired) electrons. The minimum atomic E-state index is -0.458. The first kappa shape index (κ1) is 14.1. The quantitative estimate of drug-likeness (QED) is 0.838. The van der Waals surface area contributed by atoms with Gasteiger partial charge in [0.1, 0.15) is 5.82 Å². The predicted molar refractivity (Wildman–Crippen MR) is 72.4 cm³/mol. The summed E-state index contributed by atoms with van der Waals surface area (Å²) in [6, 6.07) is 3.75. The smallest absolute Gasteiger partial charge is 0.252 e. The zero-order chi connectivity index (χ0) is 13.0.